The van der Waals surface area contributed by atoms with Crippen molar-refractivity contribution in [2.24, 2.45) is 0 Å². The van der Waals surface area contributed by atoms with Gasteiger partial charge in [0.1, 0.15) is 5.57 Å². The molecule has 130 valence electrons. The summed E-state index contributed by atoms with van der Waals surface area (Å²) >= 11 is 0. The lowest BCUT2D eigenvalue weighted by Crippen LogP contribution is -2.35. The number of ether oxygens (including phenoxy) is 3. The van der Waals surface area contributed by atoms with Gasteiger partial charge in [-0.2, -0.15) is 0 Å². The van der Waals surface area contributed by atoms with E-state index in [1.807, 2.05) is 48.6 Å². The number of methoxy groups -OCH3 is 2. The van der Waals surface area contributed by atoms with E-state index < -0.39 is 17.5 Å². The number of allylic oxidation sites excluding steroid dienone is 3. The van der Waals surface area contributed by atoms with E-state index in [-0.39, 0.29) is 12.2 Å². The number of carbonyl (C=O) groups excluding carboxylic acids is 2. The topological polar surface area (TPSA) is 61.8 Å². The Morgan fingerprint density at radius 2 is 1.92 bits per heavy atom. The van der Waals surface area contributed by atoms with E-state index in [4.69, 9.17) is 9.47 Å². The highest BCUT2D eigenvalue weighted by molar-refractivity contribution is 6.22. The molecule has 1 aliphatic rings. The summed E-state index contributed by atoms with van der Waals surface area (Å²) < 4.78 is 15.6. The van der Waals surface area contributed by atoms with E-state index >= 15 is 0 Å². The molecule has 0 aliphatic heterocycles. The van der Waals surface area contributed by atoms with Crippen LogP contribution < -0.4 is 0 Å². The molecule has 0 heterocycles. The fourth-order valence-corrected chi connectivity index (χ4v) is 2.19. The van der Waals surface area contributed by atoms with Crippen LogP contribution in [0.15, 0.2) is 72.4 Å². The van der Waals surface area contributed by atoms with Crippen molar-refractivity contribution in [2.45, 2.75) is 5.79 Å². The van der Waals surface area contributed by atoms with Crippen LogP contribution in [-0.4, -0.2) is 38.4 Å². The highest BCUT2D eigenvalue weighted by Crippen LogP contribution is 2.24. The second-order valence-corrected chi connectivity index (χ2v) is 5.18. The Hall–Kier alpha value is -2.76. The predicted octanol–water partition coefficient (Wildman–Crippen LogP) is 2.85. The van der Waals surface area contributed by atoms with Crippen LogP contribution in [-0.2, 0) is 23.8 Å². The highest BCUT2D eigenvalue weighted by Gasteiger charge is 2.33. The zero-order valence-electron chi connectivity index (χ0n) is 14.2. The van der Waals surface area contributed by atoms with Gasteiger partial charge in [0.25, 0.3) is 0 Å². The average Bonchev–Trinajstić information content (AvgIpc) is 2.66. The minimum Gasteiger partial charge on any atom is -0.465 e. The van der Waals surface area contributed by atoms with E-state index in [0.29, 0.717) is 0 Å². The zero-order chi connectivity index (χ0) is 18.1. The number of esters is 1. The minimum absolute atomic E-state index is 0.111. The predicted molar refractivity (Wildman–Crippen MR) is 94.6 cm³/mol. The SMILES string of the molecule is COC(=O)C1=CC(OC)(OC/C=C/C=C/c2ccccc2)C=CC1=O. The van der Waals surface area contributed by atoms with Crippen molar-refractivity contribution in [1.29, 1.82) is 0 Å². The van der Waals surface area contributed by atoms with Crippen LogP contribution in [0.25, 0.3) is 6.08 Å². The van der Waals surface area contributed by atoms with E-state index in [2.05, 4.69) is 4.74 Å². The summed E-state index contributed by atoms with van der Waals surface area (Å²) in [5.41, 5.74) is 0.987. The molecule has 0 radical (unpaired) electrons. The van der Waals surface area contributed by atoms with Crippen molar-refractivity contribution in [3.05, 3.63) is 77.9 Å². The summed E-state index contributed by atoms with van der Waals surface area (Å²) in [6.45, 7) is 0.233. The van der Waals surface area contributed by atoms with Gasteiger partial charge in [0, 0.05) is 7.11 Å². The van der Waals surface area contributed by atoms with Gasteiger partial charge in [-0.25, -0.2) is 4.79 Å². The van der Waals surface area contributed by atoms with Crippen molar-refractivity contribution >= 4 is 17.8 Å². The number of ketones is 1. The maximum Gasteiger partial charge on any atom is 0.341 e. The minimum atomic E-state index is -1.27. The van der Waals surface area contributed by atoms with Crippen LogP contribution in [0.1, 0.15) is 5.56 Å². The summed E-state index contributed by atoms with van der Waals surface area (Å²) in [5.74, 6) is -2.43. The largest absolute Gasteiger partial charge is 0.465 e. The summed E-state index contributed by atoms with van der Waals surface area (Å²) in [4.78, 5) is 23.4. The van der Waals surface area contributed by atoms with Gasteiger partial charge < -0.3 is 14.2 Å². The maximum atomic E-state index is 11.8. The first-order chi connectivity index (χ1) is 12.1. The molecule has 1 aromatic carbocycles. The molecular formula is C20H20O5. The molecule has 5 nitrogen and oxygen atoms in total. The monoisotopic (exact) mass is 340 g/mol. The van der Waals surface area contributed by atoms with Gasteiger partial charge in [-0.3, -0.25) is 4.79 Å². The number of rotatable bonds is 7. The molecule has 1 aliphatic carbocycles. The maximum absolute atomic E-state index is 11.8. The Labute approximate surface area is 146 Å². The quantitative estimate of drug-likeness (QED) is 0.331. The van der Waals surface area contributed by atoms with Gasteiger partial charge in [0.15, 0.2) is 5.78 Å². The average molecular weight is 340 g/mol. The van der Waals surface area contributed by atoms with Crippen LogP contribution in [0.2, 0.25) is 0 Å². The molecule has 25 heavy (non-hydrogen) atoms. The highest BCUT2D eigenvalue weighted by atomic mass is 16.7. The van der Waals surface area contributed by atoms with Crippen LogP contribution in [0.5, 0.6) is 0 Å². The van der Waals surface area contributed by atoms with Crippen LogP contribution in [0.4, 0.5) is 0 Å². The summed E-state index contributed by atoms with van der Waals surface area (Å²) in [6.07, 6.45) is 11.6. The Morgan fingerprint density at radius 1 is 1.16 bits per heavy atom. The van der Waals surface area contributed by atoms with Crippen molar-refractivity contribution in [2.75, 3.05) is 20.8 Å². The Bertz CT molecular complexity index is 728. The van der Waals surface area contributed by atoms with Gasteiger partial charge in [-0.05, 0) is 23.8 Å². The molecular weight excluding hydrogens is 320 g/mol. The van der Waals surface area contributed by atoms with Crippen molar-refractivity contribution < 1.29 is 23.8 Å². The molecule has 0 spiro atoms. The van der Waals surface area contributed by atoms with Crippen molar-refractivity contribution in [1.82, 2.24) is 0 Å². The van der Waals surface area contributed by atoms with E-state index in [1.165, 1.54) is 32.4 Å². The summed E-state index contributed by atoms with van der Waals surface area (Å²) in [5, 5.41) is 0. The number of hydrogen-bond donors (Lipinski definition) is 0. The Kier molecular flexibility index (Phi) is 6.62. The molecule has 0 fully saturated rings. The molecule has 5 heteroatoms. The van der Waals surface area contributed by atoms with E-state index in [9.17, 15) is 9.59 Å². The van der Waals surface area contributed by atoms with Crippen LogP contribution >= 0.6 is 0 Å². The summed E-state index contributed by atoms with van der Waals surface area (Å²) in [7, 11) is 2.65. The van der Waals surface area contributed by atoms with Gasteiger partial charge in [-0.15, -0.1) is 0 Å². The zero-order valence-corrected chi connectivity index (χ0v) is 14.2. The van der Waals surface area contributed by atoms with Crippen molar-refractivity contribution in [3.8, 4) is 0 Å². The molecule has 0 saturated carbocycles. The van der Waals surface area contributed by atoms with Crippen LogP contribution in [0.3, 0.4) is 0 Å². The number of hydrogen-bond acceptors (Lipinski definition) is 5. The van der Waals surface area contributed by atoms with Gasteiger partial charge in [0.05, 0.1) is 13.7 Å². The van der Waals surface area contributed by atoms with Gasteiger partial charge in [-0.1, -0.05) is 54.6 Å². The second-order valence-electron chi connectivity index (χ2n) is 5.18. The lowest BCUT2D eigenvalue weighted by atomic mass is 10.0. The molecule has 1 unspecified atom stereocenters. The summed E-state index contributed by atoms with van der Waals surface area (Å²) in [6, 6.07) is 9.91. The molecule has 2 rings (SSSR count). The normalized spacial score (nSPS) is 20.2. The molecule has 1 atom stereocenters. The first kappa shape index (κ1) is 18.6. The standard InChI is InChI=1S/C20H20O5/c1-23-19(22)17-15-20(24-2,13-12-18(17)21)25-14-8-4-7-11-16-9-5-3-6-10-16/h3-13,15H,14H2,1-2H3/b8-4+,11-7+. The molecule has 1 aromatic rings. The molecule has 0 N–H and O–H groups in total. The van der Waals surface area contributed by atoms with Gasteiger partial charge >= 0.3 is 5.97 Å². The number of benzene rings is 1. The third-order valence-corrected chi connectivity index (χ3v) is 3.54. The number of carbonyl (C=O) groups is 2. The van der Waals surface area contributed by atoms with Crippen LogP contribution in [0, 0.1) is 0 Å². The Morgan fingerprint density at radius 3 is 2.60 bits per heavy atom. The second kappa shape index (κ2) is 8.92. The fourth-order valence-electron chi connectivity index (χ4n) is 2.19. The lowest BCUT2D eigenvalue weighted by Gasteiger charge is -2.28. The molecule has 0 amide bonds. The van der Waals surface area contributed by atoms with Gasteiger partial charge in [0.2, 0.25) is 5.79 Å². The third kappa shape index (κ3) is 5.11. The lowest BCUT2D eigenvalue weighted by molar-refractivity contribution is -0.151. The third-order valence-electron chi connectivity index (χ3n) is 3.54. The smallest absolute Gasteiger partial charge is 0.341 e. The molecule has 0 aromatic heterocycles. The van der Waals surface area contributed by atoms with E-state index in [1.54, 1.807) is 6.08 Å². The van der Waals surface area contributed by atoms with Crippen molar-refractivity contribution in [3.63, 3.8) is 0 Å². The Balaban J connectivity index is 1.97. The first-order valence-corrected chi connectivity index (χ1v) is 7.72. The fraction of sp³-hybridized carbons (Fsp3) is 0.200. The molecule has 0 bridgehead atoms. The molecule has 0 saturated heterocycles. The van der Waals surface area contributed by atoms with E-state index in [0.717, 1.165) is 5.56 Å². The first-order valence-electron chi connectivity index (χ1n) is 7.72.